The van der Waals surface area contributed by atoms with Crippen LogP contribution >= 0.6 is 0 Å². The van der Waals surface area contributed by atoms with Crippen LogP contribution in [-0.2, 0) is 33.6 Å². The Hall–Kier alpha value is -2.49. The molecule has 1 aliphatic rings. The lowest BCUT2D eigenvalue weighted by Gasteiger charge is -2.26. The Morgan fingerprint density at radius 1 is 1.06 bits per heavy atom. The molecule has 2 aromatic rings. The maximum Gasteiger partial charge on any atom is 0.218 e. The summed E-state index contributed by atoms with van der Waals surface area (Å²) in [5, 5.41) is 6.44. The van der Waals surface area contributed by atoms with E-state index >= 15 is 0 Å². The average molecular weight is 449 g/mol. The van der Waals surface area contributed by atoms with Crippen LogP contribution in [0.1, 0.15) is 23.6 Å². The number of hydrogen-bond donors (Lipinski definition) is 2. The summed E-state index contributed by atoms with van der Waals surface area (Å²) < 4.78 is 45.5. The van der Waals surface area contributed by atoms with Crippen molar-refractivity contribution in [3.63, 3.8) is 0 Å². The Balaban J connectivity index is 1.66. The molecule has 0 saturated carbocycles. The third-order valence-corrected chi connectivity index (χ3v) is 6.77. The van der Waals surface area contributed by atoms with Crippen molar-refractivity contribution in [3.05, 3.63) is 71.0 Å². The zero-order chi connectivity index (χ0) is 22.1. The number of hydrogen-bond acceptors (Lipinski definition) is 4. The highest BCUT2D eigenvalue weighted by atomic mass is 32.2. The Morgan fingerprint density at radius 3 is 2.42 bits per heavy atom. The monoisotopic (exact) mass is 448 g/mol. The molecule has 0 unspecified atom stereocenters. The molecule has 0 radical (unpaired) electrons. The standard InChI is InChI=1S/C22H29FN4O3S/c1-2-24-22(25-15-18-7-9-21(23)10-8-18)26-16-19-5-3-4-6-20(19)17-31(28,29)27-11-13-30-14-12-27/h3-10H,2,11-17H2,1H3,(H2,24,25,26). The minimum Gasteiger partial charge on any atom is -0.379 e. The second kappa shape index (κ2) is 11.2. The van der Waals surface area contributed by atoms with E-state index in [9.17, 15) is 12.8 Å². The van der Waals surface area contributed by atoms with Crippen LogP contribution in [0.4, 0.5) is 4.39 Å². The molecule has 1 saturated heterocycles. The predicted octanol–water partition coefficient (Wildman–Crippen LogP) is 2.24. The third-order valence-electron chi connectivity index (χ3n) is 4.94. The first kappa shape index (κ1) is 23.2. The highest BCUT2D eigenvalue weighted by molar-refractivity contribution is 7.88. The summed E-state index contributed by atoms with van der Waals surface area (Å²) in [6.07, 6.45) is 0. The first-order valence-corrected chi connectivity index (χ1v) is 12.0. The summed E-state index contributed by atoms with van der Waals surface area (Å²) in [5.74, 6) is 0.285. The van der Waals surface area contributed by atoms with Gasteiger partial charge in [-0.1, -0.05) is 36.4 Å². The molecule has 0 aliphatic carbocycles. The van der Waals surface area contributed by atoms with E-state index in [1.54, 1.807) is 12.1 Å². The van der Waals surface area contributed by atoms with Gasteiger partial charge >= 0.3 is 0 Å². The molecule has 1 heterocycles. The highest BCUT2D eigenvalue weighted by Crippen LogP contribution is 2.16. The lowest BCUT2D eigenvalue weighted by Crippen LogP contribution is -2.41. The van der Waals surface area contributed by atoms with Gasteiger partial charge in [-0.15, -0.1) is 0 Å². The fraction of sp³-hybridized carbons (Fsp3) is 0.409. The first-order valence-electron chi connectivity index (χ1n) is 10.4. The molecule has 2 aromatic carbocycles. The van der Waals surface area contributed by atoms with E-state index in [1.807, 2.05) is 31.2 Å². The van der Waals surface area contributed by atoms with E-state index in [-0.39, 0.29) is 11.6 Å². The molecule has 31 heavy (non-hydrogen) atoms. The first-order chi connectivity index (χ1) is 15.0. The average Bonchev–Trinajstić information content (AvgIpc) is 2.78. The van der Waals surface area contributed by atoms with Crippen LogP contribution in [0.25, 0.3) is 0 Å². The van der Waals surface area contributed by atoms with Crippen molar-refractivity contribution in [1.82, 2.24) is 14.9 Å². The van der Waals surface area contributed by atoms with Crippen LogP contribution in [0.3, 0.4) is 0 Å². The summed E-state index contributed by atoms with van der Waals surface area (Å²) in [6.45, 7) is 5.14. The van der Waals surface area contributed by atoms with E-state index in [4.69, 9.17) is 4.74 Å². The van der Waals surface area contributed by atoms with Crippen LogP contribution in [0.5, 0.6) is 0 Å². The van der Waals surface area contributed by atoms with Crippen LogP contribution in [0.15, 0.2) is 53.5 Å². The Bertz CT molecular complexity index is 975. The van der Waals surface area contributed by atoms with Gasteiger partial charge in [0.1, 0.15) is 5.82 Å². The Labute approximate surface area is 183 Å². The van der Waals surface area contributed by atoms with Gasteiger partial charge in [0.15, 0.2) is 5.96 Å². The van der Waals surface area contributed by atoms with Gasteiger partial charge < -0.3 is 15.4 Å². The van der Waals surface area contributed by atoms with Crippen LogP contribution < -0.4 is 10.6 Å². The predicted molar refractivity (Wildman–Crippen MR) is 120 cm³/mol. The summed E-state index contributed by atoms with van der Waals surface area (Å²) >= 11 is 0. The molecule has 7 nitrogen and oxygen atoms in total. The molecule has 3 rings (SSSR count). The number of morpholine rings is 1. The minimum absolute atomic E-state index is 0.0475. The van der Waals surface area contributed by atoms with Crippen molar-refractivity contribution in [2.45, 2.75) is 25.8 Å². The van der Waals surface area contributed by atoms with Crippen LogP contribution in [-0.4, -0.2) is 51.5 Å². The van der Waals surface area contributed by atoms with Crippen LogP contribution in [0.2, 0.25) is 0 Å². The number of guanidine groups is 1. The van der Waals surface area contributed by atoms with Gasteiger partial charge in [0.05, 0.1) is 25.5 Å². The highest BCUT2D eigenvalue weighted by Gasteiger charge is 2.25. The summed E-state index contributed by atoms with van der Waals surface area (Å²) in [5.41, 5.74) is 2.55. The largest absolute Gasteiger partial charge is 0.379 e. The van der Waals surface area contributed by atoms with Crippen molar-refractivity contribution >= 4 is 16.0 Å². The van der Waals surface area contributed by atoms with Crippen molar-refractivity contribution in [3.8, 4) is 0 Å². The van der Waals surface area contributed by atoms with Crippen LogP contribution in [0, 0.1) is 5.82 Å². The zero-order valence-corrected chi connectivity index (χ0v) is 18.5. The van der Waals surface area contributed by atoms with Crippen molar-refractivity contribution in [1.29, 1.82) is 0 Å². The molecule has 0 spiro atoms. The number of sulfonamides is 1. The maximum absolute atomic E-state index is 13.1. The molecule has 0 aromatic heterocycles. The zero-order valence-electron chi connectivity index (χ0n) is 17.7. The Morgan fingerprint density at radius 2 is 1.74 bits per heavy atom. The number of nitrogens with one attached hydrogen (secondary N) is 2. The summed E-state index contributed by atoms with van der Waals surface area (Å²) in [6, 6.07) is 13.7. The van der Waals surface area contributed by atoms with Crippen molar-refractivity contribution < 1.29 is 17.5 Å². The summed E-state index contributed by atoms with van der Waals surface area (Å²) in [7, 11) is -3.41. The van der Waals surface area contributed by atoms with Gasteiger partial charge in [-0.05, 0) is 35.7 Å². The smallest absolute Gasteiger partial charge is 0.218 e. The number of aliphatic imine (C=N–C) groups is 1. The maximum atomic E-state index is 13.1. The van der Waals surface area contributed by atoms with Crippen molar-refractivity contribution in [2.75, 3.05) is 32.8 Å². The van der Waals surface area contributed by atoms with Gasteiger partial charge in [-0.3, -0.25) is 0 Å². The van der Waals surface area contributed by atoms with Gasteiger partial charge in [-0.2, -0.15) is 4.31 Å². The second-order valence-corrected chi connectivity index (χ2v) is 9.18. The number of benzene rings is 2. The fourth-order valence-electron chi connectivity index (χ4n) is 3.26. The SMILES string of the molecule is CCNC(=NCc1ccc(F)cc1)NCc1ccccc1CS(=O)(=O)N1CCOCC1. The van der Waals surface area contributed by atoms with E-state index in [0.29, 0.717) is 51.9 Å². The molecule has 168 valence electrons. The lowest BCUT2D eigenvalue weighted by molar-refractivity contribution is 0.0729. The second-order valence-electron chi connectivity index (χ2n) is 7.21. The van der Waals surface area contributed by atoms with E-state index in [0.717, 1.165) is 16.7 Å². The number of rotatable bonds is 8. The molecular formula is C22H29FN4O3S. The number of nitrogens with zero attached hydrogens (tertiary/aromatic N) is 2. The molecule has 1 fully saturated rings. The molecule has 0 amide bonds. The third kappa shape index (κ3) is 7.02. The van der Waals surface area contributed by atoms with Crippen molar-refractivity contribution in [2.24, 2.45) is 4.99 Å². The normalized spacial score (nSPS) is 15.6. The Kier molecular flexibility index (Phi) is 8.39. The molecular weight excluding hydrogens is 419 g/mol. The minimum atomic E-state index is -3.41. The fourth-order valence-corrected chi connectivity index (χ4v) is 4.83. The topological polar surface area (TPSA) is 83.0 Å². The van der Waals surface area contributed by atoms with Gasteiger partial charge in [0.25, 0.3) is 0 Å². The molecule has 2 N–H and O–H groups in total. The van der Waals surface area contributed by atoms with E-state index < -0.39 is 10.0 Å². The molecule has 0 atom stereocenters. The van der Waals surface area contributed by atoms with E-state index in [1.165, 1.54) is 16.4 Å². The van der Waals surface area contributed by atoms with Gasteiger partial charge in [0.2, 0.25) is 10.0 Å². The van der Waals surface area contributed by atoms with Gasteiger partial charge in [0, 0.05) is 26.2 Å². The molecule has 0 bridgehead atoms. The number of ether oxygens (including phenoxy) is 1. The molecule has 9 heteroatoms. The molecule has 1 aliphatic heterocycles. The quantitative estimate of drug-likeness (QED) is 0.478. The van der Waals surface area contributed by atoms with Gasteiger partial charge in [-0.25, -0.2) is 17.8 Å². The van der Waals surface area contributed by atoms with E-state index in [2.05, 4.69) is 15.6 Å². The number of halogens is 1. The summed E-state index contributed by atoms with van der Waals surface area (Å²) in [4.78, 5) is 4.54. The lowest BCUT2D eigenvalue weighted by atomic mass is 10.1.